The number of amides is 2. The third kappa shape index (κ3) is 4.42. The van der Waals surface area contributed by atoms with Crippen molar-refractivity contribution in [3.05, 3.63) is 65.9 Å². The van der Waals surface area contributed by atoms with E-state index in [1.807, 2.05) is 28.8 Å². The number of carbonyl (C=O) groups is 2. The molecule has 0 spiro atoms. The predicted molar refractivity (Wildman–Crippen MR) is 104 cm³/mol. The van der Waals surface area contributed by atoms with Gasteiger partial charge < -0.3 is 10.2 Å². The molecule has 0 aliphatic carbocycles. The molecule has 1 saturated heterocycles. The molecule has 0 bridgehead atoms. The second-order valence-electron chi connectivity index (χ2n) is 7.25. The Bertz CT molecular complexity index is 1020. The summed E-state index contributed by atoms with van der Waals surface area (Å²) in [5.74, 6) is -0.0417. The van der Waals surface area contributed by atoms with Crippen LogP contribution in [0.2, 0.25) is 0 Å². The molecule has 2 aromatic heterocycles. The van der Waals surface area contributed by atoms with Gasteiger partial charge in [0.1, 0.15) is 5.82 Å². The van der Waals surface area contributed by atoms with Crippen LogP contribution in [-0.2, 0) is 22.6 Å². The van der Waals surface area contributed by atoms with Gasteiger partial charge in [0, 0.05) is 19.3 Å². The van der Waals surface area contributed by atoms with Gasteiger partial charge in [0.15, 0.2) is 11.5 Å². The standard InChI is InChI=1S/C21H22FN5O2/c22-17-8-6-15(7-9-17)12-20(28)26-10-3-4-16(14-26)21(29)23-13-19-25-24-18-5-1-2-11-27(18)19/h1-2,5-9,11,16H,3-4,10,12-14H2,(H,23,29). The van der Waals surface area contributed by atoms with Crippen LogP contribution >= 0.6 is 0 Å². The fourth-order valence-electron chi connectivity index (χ4n) is 3.63. The zero-order chi connectivity index (χ0) is 20.2. The van der Waals surface area contributed by atoms with E-state index in [0.29, 0.717) is 18.9 Å². The van der Waals surface area contributed by atoms with Crippen molar-refractivity contribution in [3.8, 4) is 0 Å². The molecule has 7 nitrogen and oxygen atoms in total. The molecule has 1 aliphatic heterocycles. The van der Waals surface area contributed by atoms with Crippen molar-refractivity contribution in [1.82, 2.24) is 24.8 Å². The lowest BCUT2D eigenvalue weighted by atomic mass is 9.96. The Kier molecular flexibility index (Phi) is 5.50. The summed E-state index contributed by atoms with van der Waals surface area (Å²) in [5, 5.41) is 11.1. The zero-order valence-electron chi connectivity index (χ0n) is 15.9. The van der Waals surface area contributed by atoms with Crippen LogP contribution in [0, 0.1) is 11.7 Å². The molecule has 8 heteroatoms. The number of hydrogen-bond acceptors (Lipinski definition) is 4. The highest BCUT2D eigenvalue weighted by Crippen LogP contribution is 2.18. The number of pyridine rings is 1. The quantitative estimate of drug-likeness (QED) is 0.716. The molecule has 0 radical (unpaired) electrons. The summed E-state index contributed by atoms with van der Waals surface area (Å²) in [7, 11) is 0. The maximum Gasteiger partial charge on any atom is 0.227 e. The number of halogens is 1. The Hall–Kier alpha value is -3.29. The number of nitrogens with zero attached hydrogens (tertiary/aromatic N) is 4. The van der Waals surface area contributed by atoms with E-state index < -0.39 is 0 Å². The number of hydrogen-bond donors (Lipinski definition) is 1. The minimum Gasteiger partial charge on any atom is -0.348 e. The van der Waals surface area contributed by atoms with Crippen LogP contribution in [0.25, 0.3) is 5.65 Å². The highest BCUT2D eigenvalue weighted by Gasteiger charge is 2.28. The first-order valence-corrected chi connectivity index (χ1v) is 9.69. The van der Waals surface area contributed by atoms with E-state index in [0.717, 1.165) is 24.1 Å². The van der Waals surface area contributed by atoms with Crippen LogP contribution in [0.15, 0.2) is 48.7 Å². The highest BCUT2D eigenvalue weighted by atomic mass is 19.1. The van der Waals surface area contributed by atoms with E-state index >= 15 is 0 Å². The summed E-state index contributed by atoms with van der Waals surface area (Å²) in [6.45, 7) is 1.31. The number of rotatable bonds is 5. The Morgan fingerprint density at radius 2 is 1.97 bits per heavy atom. The number of aromatic nitrogens is 3. The van der Waals surface area contributed by atoms with Crippen molar-refractivity contribution in [1.29, 1.82) is 0 Å². The summed E-state index contributed by atoms with van der Waals surface area (Å²) < 4.78 is 14.9. The summed E-state index contributed by atoms with van der Waals surface area (Å²) in [5.41, 5.74) is 1.49. The lowest BCUT2D eigenvalue weighted by Gasteiger charge is -2.32. The molecule has 1 unspecified atom stereocenters. The van der Waals surface area contributed by atoms with Crippen LogP contribution in [0.4, 0.5) is 4.39 Å². The molecule has 29 heavy (non-hydrogen) atoms. The normalized spacial score (nSPS) is 16.7. The molecular weight excluding hydrogens is 373 g/mol. The van der Waals surface area contributed by atoms with Crippen molar-refractivity contribution in [3.63, 3.8) is 0 Å². The summed E-state index contributed by atoms with van der Waals surface area (Å²) in [4.78, 5) is 27.0. The van der Waals surface area contributed by atoms with Gasteiger partial charge in [-0.3, -0.25) is 14.0 Å². The number of nitrogens with one attached hydrogen (secondary N) is 1. The average molecular weight is 395 g/mol. The minimum atomic E-state index is -0.323. The third-order valence-electron chi connectivity index (χ3n) is 5.22. The van der Waals surface area contributed by atoms with Crippen LogP contribution in [0.3, 0.4) is 0 Å². The van der Waals surface area contributed by atoms with Gasteiger partial charge in [-0.05, 0) is 42.7 Å². The van der Waals surface area contributed by atoms with Gasteiger partial charge in [-0.1, -0.05) is 18.2 Å². The van der Waals surface area contributed by atoms with Gasteiger partial charge in [0.25, 0.3) is 0 Å². The monoisotopic (exact) mass is 395 g/mol. The molecule has 1 fully saturated rings. The molecule has 150 valence electrons. The van der Waals surface area contributed by atoms with Crippen molar-refractivity contribution < 1.29 is 14.0 Å². The van der Waals surface area contributed by atoms with E-state index in [9.17, 15) is 14.0 Å². The van der Waals surface area contributed by atoms with Gasteiger partial charge in [-0.25, -0.2) is 4.39 Å². The molecule has 1 aromatic carbocycles. The Morgan fingerprint density at radius 3 is 2.79 bits per heavy atom. The first-order chi connectivity index (χ1) is 14.1. The molecule has 0 saturated carbocycles. The Labute approximate surface area is 167 Å². The smallest absolute Gasteiger partial charge is 0.227 e. The molecule has 4 rings (SSSR count). The lowest BCUT2D eigenvalue weighted by molar-refractivity contribution is -0.135. The van der Waals surface area contributed by atoms with Gasteiger partial charge in [-0.2, -0.15) is 0 Å². The SMILES string of the molecule is O=C(NCc1nnc2ccccn12)C1CCCN(C(=O)Cc2ccc(F)cc2)C1. The fourth-order valence-corrected chi connectivity index (χ4v) is 3.63. The summed E-state index contributed by atoms with van der Waals surface area (Å²) >= 11 is 0. The fraction of sp³-hybridized carbons (Fsp3) is 0.333. The first kappa shape index (κ1) is 19.0. The number of likely N-dealkylation sites (tertiary alicyclic amines) is 1. The largest absolute Gasteiger partial charge is 0.348 e. The van der Waals surface area contributed by atoms with Gasteiger partial charge in [0.2, 0.25) is 11.8 Å². The molecule has 3 aromatic rings. The molecule has 3 heterocycles. The van der Waals surface area contributed by atoms with Crippen LogP contribution in [0.1, 0.15) is 24.2 Å². The van der Waals surface area contributed by atoms with Gasteiger partial charge >= 0.3 is 0 Å². The van der Waals surface area contributed by atoms with Crippen LogP contribution in [-0.4, -0.2) is 44.4 Å². The second kappa shape index (κ2) is 8.38. The van der Waals surface area contributed by atoms with Gasteiger partial charge in [0.05, 0.1) is 18.9 Å². The van der Waals surface area contributed by atoms with Crippen molar-refractivity contribution >= 4 is 17.5 Å². The second-order valence-corrected chi connectivity index (χ2v) is 7.25. The zero-order valence-corrected chi connectivity index (χ0v) is 15.9. The molecule has 1 N–H and O–H groups in total. The summed E-state index contributed by atoms with van der Waals surface area (Å²) in [6, 6.07) is 11.5. The van der Waals surface area contributed by atoms with E-state index in [1.165, 1.54) is 12.1 Å². The predicted octanol–water partition coefficient (Wildman–Crippen LogP) is 1.97. The van der Waals surface area contributed by atoms with E-state index in [-0.39, 0.29) is 36.5 Å². The summed E-state index contributed by atoms with van der Waals surface area (Å²) in [6.07, 6.45) is 3.58. The number of piperidine rings is 1. The topological polar surface area (TPSA) is 79.6 Å². The minimum absolute atomic E-state index is 0.0439. The van der Waals surface area contributed by atoms with Crippen molar-refractivity contribution in [2.45, 2.75) is 25.8 Å². The average Bonchev–Trinajstić information content (AvgIpc) is 3.17. The van der Waals surface area contributed by atoms with E-state index in [1.54, 1.807) is 17.0 Å². The highest BCUT2D eigenvalue weighted by molar-refractivity contribution is 5.82. The number of benzene rings is 1. The van der Waals surface area contributed by atoms with Crippen molar-refractivity contribution in [2.24, 2.45) is 5.92 Å². The number of fused-ring (bicyclic) bond motifs is 1. The number of carbonyl (C=O) groups excluding carboxylic acids is 2. The van der Waals surface area contributed by atoms with Crippen LogP contribution in [0.5, 0.6) is 0 Å². The molecule has 2 amide bonds. The molecule has 1 aliphatic rings. The van der Waals surface area contributed by atoms with Gasteiger partial charge in [-0.15, -0.1) is 10.2 Å². The lowest BCUT2D eigenvalue weighted by Crippen LogP contribution is -2.45. The van der Waals surface area contributed by atoms with Crippen molar-refractivity contribution in [2.75, 3.05) is 13.1 Å². The first-order valence-electron chi connectivity index (χ1n) is 9.69. The van der Waals surface area contributed by atoms with E-state index in [2.05, 4.69) is 15.5 Å². The molecular formula is C21H22FN5O2. The van der Waals surface area contributed by atoms with Crippen LogP contribution < -0.4 is 5.32 Å². The Balaban J connectivity index is 1.33. The third-order valence-corrected chi connectivity index (χ3v) is 5.22. The van der Waals surface area contributed by atoms with E-state index in [4.69, 9.17) is 0 Å². The maximum absolute atomic E-state index is 13.0. The molecule has 1 atom stereocenters. The maximum atomic E-state index is 13.0. The Morgan fingerprint density at radius 1 is 1.14 bits per heavy atom.